The summed E-state index contributed by atoms with van der Waals surface area (Å²) in [5.74, 6) is 1.31. The molecule has 20 heavy (non-hydrogen) atoms. The number of nitrogens with zero attached hydrogens (tertiary/aromatic N) is 2. The van der Waals surface area contributed by atoms with Crippen LogP contribution in [-0.2, 0) is 11.3 Å². The molecular weight excluding hydrogens is 296 g/mol. The number of carbonyl (C=O) groups is 1. The van der Waals surface area contributed by atoms with Crippen molar-refractivity contribution in [2.45, 2.75) is 29.8 Å². The van der Waals surface area contributed by atoms with Crippen molar-refractivity contribution >= 4 is 34.1 Å². The quantitative estimate of drug-likeness (QED) is 0.763. The molecule has 2 heterocycles. The molecule has 0 aliphatic heterocycles. The van der Waals surface area contributed by atoms with Gasteiger partial charge in [-0.05, 0) is 25.0 Å². The second-order valence-corrected chi connectivity index (χ2v) is 6.64. The number of anilines is 1. The molecule has 1 saturated carbocycles. The van der Waals surface area contributed by atoms with Crippen LogP contribution in [0.4, 0.5) is 5.13 Å². The maximum Gasteiger partial charge on any atom is 0.230 e. The Kier molecular flexibility index (Phi) is 4.22. The maximum absolute atomic E-state index is 11.6. The molecule has 2 aromatic heterocycles. The Bertz CT molecular complexity index is 566. The average Bonchev–Trinajstić information content (AvgIpc) is 2.96. The number of carbonyl (C=O) groups excluding carboxylic acids is 1. The van der Waals surface area contributed by atoms with E-state index in [4.69, 9.17) is 4.42 Å². The third kappa shape index (κ3) is 3.97. The first-order valence-electron chi connectivity index (χ1n) is 6.31. The third-order valence-electron chi connectivity index (χ3n) is 2.67. The van der Waals surface area contributed by atoms with Crippen LogP contribution in [0.5, 0.6) is 0 Å². The van der Waals surface area contributed by atoms with Gasteiger partial charge in [0.1, 0.15) is 5.76 Å². The molecule has 2 N–H and O–H groups in total. The van der Waals surface area contributed by atoms with Crippen molar-refractivity contribution in [1.29, 1.82) is 0 Å². The number of aromatic nitrogens is 2. The summed E-state index contributed by atoms with van der Waals surface area (Å²) >= 11 is 2.85. The molecule has 0 aromatic carbocycles. The zero-order chi connectivity index (χ0) is 13.8. The molecular formula is C12H14N4O2S2. The minimum Gasteiger partial charge on any atom is -0.467 e. The van der Waals surface area contributed by atoms with E-state index in [1.807, 2.05) is 12.1 Å². The van der Waals surface area contributed by atoms with Gasteiger partial charge >= 0.3 is 0 Å². The van der Waals surface area contributed by atoms with Gasteiger partial charge in [-0.1, -0.05) is 23.1 Å². The van der Waals surface area contributed by atoms with E-state index < -0.39 is 0 Å². The van der Waals surface area contributed by atoms with E-state index in [0.29, 0.717) is 18.3 Å². The summed E-state index contributed by atoms with van der Waals surface area (Å²) in [6.45, 7) is 0.578. The summed E-state index contributed by atoms with van der Waals surface area (Å²) in [4.78, 5) is 11.6. The first kappa shape index (κ1) is 13.4. The van der Waals surface area contributed by atoms with Crippen molar-refractivity contribution < 1.29 is 9.21 Å². The molecule has 0 bridgehead atoms. The number of rotatable bonds is 7. The fraction of sp³-hybridized carbons (Fsp3) is 0.417. The number of nitrogens with one attached hydrogen (secondary N) is 2. The summed E-state index contributed by atoms with van der Waals surface area (Å²) in [7, 11) is 0. The summed E-state index contributed by atoms with van der Waals surface area (Å²) in [5, 5.41) is 14.9. The number of hydrogen-bond donors (Lipinski definition) is 2. The van der Waals surface area contributed by atoms with E-state index in [-0.39, 0.29) is 5.91 Å². The van der Waals surface area contributed by atoms with E-state index in [1.165, 1.54) is 23.1 Å². The number of hydrogen-bond acceptors (Lipinski definition) is 7. The van der Waals surface area contributed by atoms with Gasteiger partial charge < -0.3 is 15.1 Å². The van der Waals surface area contributed by atoms with Crippen LogP contribution in [0, 0.1) is 0 Å². The van der Waals surface area contributed by atoms with Crippen LogP contribution in [0.1, 0.15) is 18.6 Å². The predicted octanol–water partition coefficient (Wildman–Crippen LogP) is 2.11. The summed E-state index contributed by atoms with van der Waals surface area (Å²) in [6, 6.07) is 4.14. The van der Waals surface area contributed by atoms with Crippen molar-refractivity contribution in [2.75, 3.05) is 11.1 Å². The van der Waals surface area contributed by atoms with Crippen molar-refractivity contribution in [2.24, 2.45) is 0 Å². The fourth-order valence-corrected chi connectivity index (χ4v) is 3.10. The Morgan fingerprint density at radius 2 is 2.40 bits per heavy atom. The standard InChI is InChI=1S/C12H14N4O2S2/c17-10(14-8-3-4-8)7-19-12-16-15-11(20-12)13-6-9-2-1-5-18-9/h1-2,5,8H,3-4,6-7H2,(H,13,15)(H,14,17). The molecule has 0 saturated heterocycles. The van der Waals surface area contributed by atoms with E-state index >= 15 is 0 Å². The first-order chi connectivity index (χ1) is 9.79. The number of thioether (sulfide) groups is 1. The molecule has 6 nitrogen and oxygen atoms in total. The van der Waals surface area contributed by atoms with Crippen LogP contribution in [0.2, 0.25) is 0 Å². The number of furan rings is 1. The zero-order valence-electron chi connectivity index (χ0n) is 10.7. The lowest BCUT2D eigenvalue weighted by Crippen LogP contribution is -2.26. The Balaban J connectivity index is 1.42. The molecule has 106 valence electrons. The largest absolute Gasteiger partial charge is 0.467 e. The SMILES string of the molecule is O=C(CSc1nnc(NCc2ccco2)s1)NC1CC1. The maximum atomic E-state index is 11.6. The lowest BCUT2D eigenvalue weighted by Gasteiger charge is -2.00. The minimum atomic E-state index is 0.0674. The minimum absolute atomic E-state index is 0.0674. The van der Waals surface area contributed by atoms with Gasteiger partial charge in [-0.3, -0.25) is 4.79 Å². The number of amides is 1. The third-order valence-corrected chi connectivity index (χ3v) is 4.68. The molecule has 1 fully saturated rings. The molecule has 1 aliphatic rings. The molecule has 0 atom stereocenters. The fourth-order valence-electron chi connectivity index (χ4n) is 1.54. The van der Waals surface area contributed by atoms with Gasteiger partial charge in [0.05, 0.1) is 18.6 Å². The van der Waals surface area contributed by atoms with Gasteiger partial charge in [-0.15, -0.1) is 10.2 Å². The van der Waals surface area contributed by atoms with Crippen molar-refractivity contribution in [1.82, 2.24) is 15.5 Å². The van der Waals surface area contributed by atoms with Gasteiger partial charge in [0, 0.05) is 6.04 Å². The van der Waals surface area contributed by atoms with E-state index in [2.05, 4.69) is 20.8 Å². The molecule has 8 heteroatoms. The molecule has 1 amide bonds. The normalized spacial score (nSPS) is 14.2. The van der Waals surface area contributed by atoms with Gasteiger partial charge in [0.2, 0.25) is 11.0 Å². The molecule has 1 aliphatic carbocycles. The van der Waals surface area contributed by atoms with Gasteiger partial charge in [0.25, 0.3) is 0 Å². The predicted molar refractivity (Wildman–Crippen MR) is 77.8 cm³/mol. The summed E-state index contributed by atoms with van der Waals surface area (Å²) in [5.41, 5.74) is 0. The van der Waals surface area contributed by atoms with E-state index in [9.17, 15) is 4.79 Å². The van der Waals surface area contributed by atoms with Gasteiger partial charge in [0.15, 0.2) is 4.34 Å². The van der Waals surface area contributed by atoms with Crippen molar-refractivity contribution in [3.05, 3.63) is 24.2 Å². The van der Waals surface area contributed by atoms with Crippen LogP contribution < -0.4 is 10.6 Å². The van der Waals surface area contributed by atoms with Crippen LogP contribution in [0.25, 0.3) is 0 Å². The van der Waals surface area contributed by atoms with Crippen LogP contribution in [-0.4, -0.2) is 27.9 Å². The Hall–Kier alpha value is -1.54. The van der Waals surface area contributed by atoms with Crippen LogP contribution >= 0.6 is 23.1 Å². The average molecular weight is 310 g/mol. The lowest BCUT2D eigenvalue weighted by molar-refractivity contribution is -0.118. The highest BCUT2D eigenvalue weighted by molar-refractivity contribution is 8.01. The monoisotopic (exact) mass is 310 g/mol. The highest BCUT2D eigenvalue weighted by Gasteiger charge is 2.23. The summed E-state index contributed by atoms with van der Waals surface area (Å²) < 4.78 is 6.01. The zero-order valence-corrected chi connectivity index (χ0v) is 12.3. The molecule has 0 spiro atoms. The second kappa shape index (κ2) is 6.27. The van der Waals surface area contributed by atoms with Gasteiger partial charge in [-0.25, -0.2) is 0 Å². The van der Waals surface area contributed by atoms with Gasteiger partial charge in [-0.2, -0.15) is 0 Å². The highest BCUT2D eigenvalue weighted by atomic mass is 32.2. The van der Waals surface area contributed by atoms with Crippen LogP contribution in [0.15, 0.2) is 27.2 Å². The van der Waals surface area contributed by atoms with Crippen LogP contribution in [0.3, 0.4) is 0 Å². The summed E-state index contributed by atoms with van der Waals surface area (Å²) in [6.07, 6.45) is 3.85. The van der Waals surface area contributed by atoms with Crippen molar-refractivity contribution in [3.63, 3.8) is 0 Å². The highest BCUT2D eigenvalue weighted by Crippen LogP contribution is 2.26. The topological polar surface area (TPSA) is 80.1 Å². The molecule has 0 unspecified atom stereocenters. The first-order valence-corrected chi connectivity index (χ1v) is 8.12. The van der Waals surface area contributed by atoms with Crippen molar-refractivity contribution in [3.8, 4) is 0 Å². The van der Waals surface area contributed by atoms with E-state index in [1.54, 1.807) is 6.26 Å². The molecule has 3 rings (SSSR count). The second-order valence-electron chi connectivity index (χ2n) is 4.44. The Labute approximate surface area is 124 Å². The smallest absolute Gasteiger partial charge is 0.230 e. The Morgan fingerprint density at radius 3 is 3.15 bits per heavy atom. The van der Waals surface area contributed by atoms with E-state index in [0.717, 1.165) is 28.1 Å². The molecule has 0 radical (unpaired) electrons. The Morgan fingerprint density at radius 1 is 1.50 bits per heavy atom. The molecule has 2 aromatic rings. The lowest BCUT2D eigenvalue weighted by atomic mass is 10.4.